The molecular formula is C22H33NO3. The number of nitrogens with one attached hydrogen (secondary N) is 1. The Morgan fingerprint density at radius 3 is 2.38 bits per heavy atom. The Morgan fingerprint density at radius 2 is 1.85 bits per heavy atom. The predicted molar refractivity (Wildman–Crippen MR) is 106 cm³/mol. The largest absolute Gasteiger partial charge is 0.444 e. The summed E-state index contributed by atoms with van der Waals surface area (Å²) in [4.78, 5) is 11.9. The van der Waals surface area contributed by atoms with Crippen molar-refractivity contribution in [2.45, 2.75) is 84.5 Å². The van der Waals surface area contributed by atoms with Crippen molar-refractivity contribution in [1.82, 2.24) is 5.32 Å². The standard InChI is InChI=1S/C22H33NO3/c1-6-8-9-10-17-11-13-18(14-12-17)15-16-20(24)19(7-2)23-21(25)26-22(3,4)5/h11-14,19-20,24H,6-10H2,1-5H3,(H,23,25)/t19-,20+/m1/s1. The van der Waals surface area contributed by atoms with E-state index in [9.17, 15) is 9.90 Å². The third-order valence-electron chi connectivity index (χ3n) is 3.91. The number of aliphatic hydroxyl groups excluding tert-OH is 1. The number of hydrogen-bond donors (Lipinski definition) is 2. The molecule has 0 saturated carbocycles. The van der Waals surface area contributed by atoms with Crippen molar-refractivity contribution in [2.24, 2.45) is 0 Å². The van der Waals surface area contributed by atoms with Crippen LogP contribution in [0.1, 0.15) is 71.4 Å². The molecule has 1 aromatic rings. The molecule has 0 radical (unpaired) electrons. The minimum Gasteiger partial charge on any atom is -0.444 e. The quantitative estimate of drug-likeness (QED) is 0.559. The summed E-state index contributed by atoms with van der Waals surface area (Å²) in [6.07, 6.45) is 3.83. The van der Waals surface area contributed by atoms with Gasteiger partial charge in [-0.15, -0.1) is 0 Å². The smallest absolute Gasteiger partial charge is 0.407 e. The fourth-order valence-electron chi connectivity index (χ4n) is 2.45. The molecule has 4 heteroatoms. The molecule has 0 unspecified atom stereocenters. The van der Waals surface area contributed by atoms with E-state index in [2.05, 4.69) is 36.2 Å². The first-order valence-corrected chi connectivity index (χ1v) is 9.53. The van der Waals surface area contributed by atoms with E-state index in [0.717, 1.165) is 12.0 Å². The highest BCUT2D eigenvalue weighted by molar-refractivity contribution is 5.68. The highest BCUT2D eigenvalue weighted by Gasteiger charge is 2.22. The average Bonchev–Trinajstić information content (AvgIpc) is 2.57. The summed E-state index contributed by atoms with van der Waals surface area (Å²) in [7, 11) is 0. The summed E-state index contributed by atoms with van der Waals surface area (Å²) in [5.74, 6) is 5.81. The van der Waals surface area contributed by atoms with Crippen LogP contribution in [-0.4, -0.2) is 28.9 Å². The molecule has 0 saturated heterocycles. The molecule has 0 aliphatic rings. The van der Waals surface area contributed by atoms with Gasteiger partial charge in [0.2, 0.25) is 0 Å². The predicted octanol–water partition coefficient (Wildman–Crippen LogP) is 4.44. The lowest BCUT2D eigenvalue weighted by Crippen LogP contribution is -2.44. The second kappa shape index (κ2) is 10.9. The van der Waals surface area contributed by atoms with Gasteiger partial charge >= 0.3 is 6.09 Å². The third-order valence-corrected chi connectivity index (χ3v) is 3.91. The van der Waals surface area contributed by atoms with Crippen molar-refractivity contribution < 1.29 is 14.6 Å². The van der Waals surface area contributed by atoms with Crippen LogP contribution in [0.2, 0.25) is 0 Å². The number of rotatable bonds is 7. The SMILES string of the molecule is CCCCCc1ccc(C#C[C@H](O)[C@@H](CC)NC(=O)OC(C)(C)C)cc1. The first-order chi connectivity index (χ1) is 12.2. The monoisotopic (exact) mass is 359 g/mol. The molecule has 1 amide bonds. The topological polar surface area (TPSA) is 58.6 Å². The van der Waals surface area contributed by atoms with E-state index in [1.165, 1.54) is 24.8 Å². The minimum absolute atomic E-state index is 0.467. The molecule has 0 heterocycles. The Kier molecular flexibility index (Phi) is 9.23. The number of carbonyl (C=O) groups is 1. The van der Waals surface area contributed by atoms with Gasteiger partial charge in [0.15, 0.2) is 0 Å². The molecule has 144 valence electrons. The number of alkyl carbamates (subject to hydrolysis) is 1. The molecule has 0 spiro atoms. The van der Waals surface area contributed by atoms with Crippen LogP contribution in [-0.2, 0) is 11.2 Å². The molecule has 1 rings (SSSR count). The Morgan fingerprint density at radius 1 is 1.19 bits per heavy atom. The Balaban J connectivity index is 2.62. The number of ether oxygens (including phenoxy) is 1. The maximum absolute atomic E-state index is 11.9. The number of aliphatic hydroxyl groups is 1. The lowest BCUT2D eigenvalue weighted by Gasteiger charge is -2.24. The van der Waals surface area contributed by atoms with Crippen LogP contribution in [0.4, 0.5) is 4.79 Å². The van der Waals surface area contributed by atoms with Crippen molar-refractivity contribution in [1.29, 1.82) is 0 Å². The summed E-state index contributed by atoms with van der Waals surface area (Å²) < 4.78 is 5.23. The zero-order valence-electron chi connectivity index (χ0n) is 16.8. The highest BCUT2D eigenvalue weighted by Crippen LogP contribution is 2.10. The normalized spacial score (nSPS) is 13.3. The van der Waals surface area contributed by atoms with Gasteiger partial charge in [0.05, 0.1) is 6.04 Å². The molecule has 1 aromatic carbocycles. The number of hydrogen-bond acceptors (Lipinski definition) is 3. The van der Waals surface area contributed by atoms with Crippen molar-refractivity contribution >= 4 is 6.09 Å². The second-order valence-electron chi connectivity index (χ2n) is 7.53. The number of benzene rings is 1. The van der Waals surface area contributed by atoms with Crippen LogP contribution in [0.5, 0.6) is 0 Å². The van der Waals surface area contributed by atoms with Crippen LogP contribution in [0.3, 0.4) is 0 Å². The minimum atomic E-state index is -0.947. The van der Waals surface area contributed by atoms with E-state index in [1.807, 2.05) is 19.1 Å². The van der Waals surface area contributed by atoms with Gasteiger partial charge in [-0.05, 0) is 57.7 Å². The Labute approximate surface area is 158 Å². The van der Waals surface area contributed by atoms with Gasteiger partial charge in [0.1, 0.15) is 11.7 Å². The molecule has 0 fully saturated rings. The van der Waals surface area contributed by atoms with Crippen molar-refractivity contribution in [3.63, 3.8) is 0 Å². The second-order valence-corrected chi connectivity index (χ2v) is 7.53. The molecule has 4 nitrogen and oxygen atoms in total. The zero-order valence-corrected chi connectivity index (χ0v) is 16.8. The van der Waals surface area contributed by atoms with E-state index < -0.39 is 23.8 Å². The molecule has 0 aromatic heterocycles. The molecule has 0 bridgehead atoms. The van der Waals surface area contributed by atoms with E-state index in [-0.39, 0.29) is 0 Å². The molecule has 2 N–H and O–H groups in total. The van der Waals surface area contributed by atoms with Gasteiger partial charge in [0, 0.05) is 5.56 Å². The number of carbonyl (C=O) groups excluding carboxylic acids is 1. The highest BCUT2D eigenvalue weighted by atomic mass is 16.6. The molecule has 0 aliphatic heterocycles. The number of aryl methyl sites for hydroxylation is 1. The Hall–Kier alpha value is -1.99. The lowest BCUT2D eigenvalue weighted by molar-refractivity contribution is 0.0457. The summed E-state index contributed by atoms with van der Waals surface area (Å²) in [6.45, 7) is 9.49. The van der Waals surface area contributed by atoms with Gasteiger partial charge in [-0.25, -0.2) is 4.79 Å². The molecule has 26 heavy (non-hydrogen) atoms. The third kappa shape index (κ3) is 8.92. The van der Waals surface area contributed by atoms with E-state index >= 15 is 0 Å². The van der Waals surface area contributed by atoms with Gasteiger partial charge in [-0.1, -0.05) is 50.7 Å². The van der Waals surface area contributed by atoms with Gasteiger partial charge in [0.25, 0.3) is 0 Å². The van der Waals surface area contributed by atoms with Crippen LogP contribution in [0, 0.1) is 11.8 Å². The van der Waals surface area contributed by atoms with Crippen LogP contribution in [0.15, 0.2) is 24.3 Å². The summed E-state index contributed by atoms with van der Waals surface area (Å²) >= 11 is 0. The first-order valence-electron chi connectivity index (χ1n) is 9.53. The lowest BCUT2D eigenvalue weighted by atomic mass is 10.0. The van der Waals surface area contributed by atoms with Crippen LogP contribution < -0.4 is 5.32 Å². The van der Waals surface area contributed by atoms with Crippen LogP contribution >= 0.6 is 0 Å². The first kappa shape index (κ1) is 22.1. The average molecular weight is 360 g/mol. The van der Waals surface area contributed by atoms with Crippen molar-refractivity contribution in [2.75, 3.05) is 0 Å². The van der Waals surface area contributed by atoms with E-state index in [4.69, 9.17) is 4.74 Å². The summed E-state index contributed by atoms with van der Waals surface area (Å²) in [5, 5.41) is 13.0. The Bertz CT molecular complexity index is 605. The molecular weight excluding hydrogens is 326 g/mol. The van der Waals surface area contributed by atoms with Crippen molar-refractivity contribution in [3.8, 4) is 11.8 Å². The molecule has 2 atom stereocenters. The van der Waals surface area contributed by atoms with Gasteiger partial charge < -0.3 is 15.2 Å². The van der Waals surface area contributed by atoms with Crippen LogP contribution in [0.25, 0.3) is 0 Å². The fourth-order valence-corrected chi connectivity index (χ4v) is 2.45. The van der Waals surface area contributed by atoms with Gasteiger partial charge in [-0.2, -0.15) is 0 Å². The van der Waals surface area contributed by atoms with Crippen molar-refractivity contribution in [3.05, 3.63) is 35.4 Å². The maximum atomic E-state index is 11.9. The maximum Gasteiger partial charge on any atom is 0.407 e. The fraction of sp³-hybridized carbons (Fsp3) is 0.591. The zero-order chi connectivity index (χ0) is 19.6. The van der Waals surface area contributed by atoms with E-state index in [1.54, 1.807) is 20.8 Å². The molecule has 0 aliphatic carbocycles. The number of unbranched alkanes of at least 4 members (excludes halogenated alkanes) is 2. The van der Waals surface area contributed by atoms with Gasteiger partial charge in [-0.3, -0.25) is 0 Å². The summed E-state index contributed by atoms with van der Waals surface area (Å²) in [5.41, 5.74) is 1.59. The number of amides is 1. The summed E-state index contributed by atoms with van der Waals surface area (Å²) in [6, 6.07) is 7.66. The van der Waals surface area contributed by atoms with E-state index in [0.29, 0.717) is 6.42 Å².